The molecule has 1 saturated heterocycles. The maximum atomic E-state index is 11.9. The first-order valence-electron chi connectivity index (χ1n) is 8.07. The highest BCUT2D eigenvalue weighted by Gasteiger charge is 2.22. The first-order valence-corrected chi connectivity index (χ1v) is 8.07. The summed E-state index contributed by atoms with van der Waals surface area (Å²) < 4.78 is 11.1. The second-order valence-electron chi connectivity index (χ2n) is 5.72. The van der Waals surface area contributed by atoms with Crippen LogP contribution in [0, 0.1) is 0 Å². The second kappa shape index (κ2) is 9.45. The molecule has 126 valence electrons. The van der Waals surface area contributed by atoms with Gasteiger partial charge in [-0.15, -0.1) is 6.58 Å². The number of nitrogens with zero attached hydrogens (tertiary/aromatic N) is 1. The molecule has 2 atom stereocenters. The molecule has 1 N–H and O–H groups in total. The summed E-state index contributed by atoms with van der Waals surface area (Å²) in [6.07, 6.45) is 1.18. The van der Waals surface area contributed by atoms with Crippen LogP contribution in [0.2, 0.25) is 0 Å². The molecular formula is C18H26N2O3. The molecule has 0 spiro atoms. The Labute approximate surface area is 138 Å². The van der Waals surface area contributed by atoms with Gasteiger partial charge in [-0.05, 0) is 12.5 Å². The fraction of sp³-hybridized carbons (Fsp3) is 0.500. The summed E-state index contributed by atoms with van der Waals surface area (Å²) >= 11 is 0. The van der Waals surface area contributed by atoms with Crippen molar-refractivity contribution in [1.82, 2.24) is 10.2 Å². The molecule has 1 aromatic carbocycles. The van der Waals surface area contributed by atoms with Gasteiger partial charge in [0.15, 0.2) is 0 Å². The van der Waals surface area contributed by atoms with Crippen LogP contribution < -0.4 is 5.32 Å². The Balaban J connectivity index is 1.73. The van der Waals surface area contributed by atoms with E-state index in [1.54, 1.807) is 13.0 Å². The number of morpholine rings is 1. The van der Waals surface area contributed by atoms with E-state index in [1.807, 2.05) is 6.07 Å². The number of rotatable bonds is 8. The monoisotopic (exact) mass is 318 g/mol. The van der Waals surface area contributed by atoms with Crippen molar-refractivity contribution in [3.8, 4) is 0 Å². The number of nitrogens with one attached hydrogen (secondary N) is 1. The minimum Gasteiger partial charge on any atom is -0.374 e. The Morgan fingerprint density at radius 3 is 3.04 bits per heavy atom. The highest BCUT2D eigenvalue weighted by Crippen LogP contribution is 2.10. The molecule has 5 heteroatoms. The van der Waals surface area contributed by atoms with E-state index in [0.717, 1.165) is 19.6 Å². The lowest BCUT2D eigenvalue weighted by atomic mass is 10.2. The number of amides is 1. The predicted molar refractivity (Wildman–Crippen MR) is 90.1 cm³/mol. The number of benzene rings is 1. The van der Waals surface area contributed by atoms with Crippen molar-refractivity contribution in [2.75, 3.05) is 32.8 Å². The molecule has 1 fully saturated rings. The fourth-order valence-electron chi connectivity index (χ4n) is 2.54. The van der Waals surface area contributed by atoms with Crippen LogP contribution in [-0.2, 0) is 20.8 Å². The van der Waals surface area contributed by atoms with E-state index >= 15 is 0 Å². The Morgan fingerprint density at radius 1 is 1.52 bits per heavy atom. The van der Waals surface area contributed by atoms with Crippen LogP contribution in [-0.4, -0.2) is 55.9 Å². The molecule has 1 amide bonds. The molecule has 1 heterocycles. The molecule has 0 unspecified atom stereocenters. The summed E-state index contributed by atoms with van der Waals surface area (Å²) in [6, 6.07) is 10.4. The molecule has 0 radical (unpaired) electrons. The average Bonchev–Trinajstić information content (AvgIpc) is 2.58. The van der Waals surface area contributed by atoms with Crippen LogP contribution >= 0.6 is 0 Å². The SMILES string of the molecule is C=CCO[C@@H](C)C(=O)NC[C@H]1CN(Cc2ccccc2)CCO1. The lowest BCUT2D eigenvalue weighted by molar-refractivity contribution is -0.132. The van der Waals surface area contributed by atoms with Crippen LogP contribution in [0.3, 0.4) is 0 Å². The van der Waals surface area contributed by atoms with Gasteiger partial charge in [0, 0.05) is 26.2 Å². The minimum atomic E-state index is -0.475. The third-order valence-corrected chi connectivity index (χ3v) is 3.81. The number of carbonyl (C=O) groups excluding carboxylic acids is 1. The van der Waals surface area contributed by atoms with Crippen molar-refractivity contribution in [3.63, 3.8) is 0 Å². The zero-order chi connectivity index (χ0) is 16.5. The number of hydrogen-bond acceptors (Lipinski definition) is 4. The van der Waals surface area contributed by atoms with Gasteiger partial charge in [0.05, 0.1) is 19.3 Å². The van der Waals surface area contributed by atoms with Gasteiger partial charge in [-0.25, -0.2) is 0 Å². The summed E-state index contributed by atoms with van der Waals surface area (Å²) in [7, 11) is 0. The van der Waals surface area contributed by atoms with Gasteiger partial charge in [-0.3, -0.25) is 9.69 Å². The maximum absolute atomic E-state index is 11.9. The molecule has 5 nitrogen and oxygen atoms in total. The lowest BCUT2D eigenvalue weighted by Crippen LogP contribution is -2.48. The molecule has 1 aliphatic heterocycles. The summed E-state index contributed by atoms with van der Waals surface area (Å²) in [5.74, 6) is -0.115. The fourth-order valence-corrected chi connectivity index (χ4v) is 2.54. The van der Waals surface area contributed by atoms with E-state index in [0.29, 0.717) is 19.8 Å². The highest BCUT2D eigenvalue weighted by atomic mass is 16.5. The third-order valence-electron chi connectivity index (χ3n) is 3.81. The Bertz CT molecular complexity index is 492. The molecule has 1 aromatic rings. The van der Waals surface area contributed by atoms with Crippen LogP contribution in [0.15, 0.2) is 43.0 Å². The Hall–Kier alpha value is -1.69. The summed E-state index contributed by atoms with van der Waals surface area (Å²) in [4.78, 5) is 14.3. The molecule has 23 heavy (non-hydrogen) atoms. The van der Waals surface area contributed by atoms with Crippen molar-refractivity contribution < 1.29 is 14.3 Å². The first kappa shape index (κ1) is 17.7. The van der Waals surface area contributed by atoms with Crippen molar-refractivity contribution in [1.29, 1.82) is 0 Å². The molecular weight excluding hydrogens is 292 g/mol. The van der Waals surface area contributed by atoms with Gasteiger partial charge in [0.25, 0.3) is 0 Å². The van der Waals surface area contributed by atoms with E-state index in [-0.39, 0.29) is 12.0 Å². The molecule has 0 aliphatic carbocycles. The number of ether oxygens (including phenoxy) is 2. The van der Waals surface area contributed by atoms with E-state index < -0.39 is 6.10 Å². The number of hydrogen-bond donors (Lipinski definition) is 1. The van der Waals surface area contributed by atoms with Gasteiger partial charge in [0.2, 0.25) is 5.91 Å². The van der Waals surface area contributed by atoms with Crippen LogP contribution in [0.5, 0.6) is 0 Å². The predicted octanol–water partition coefficient (Wildman–Crippen LogP) is 1.59. The van der Waals surface area contributed by atoms with Gasteiger partial charge in [-0.1, -0.05) is 36.4 Å². The van der Waals surface area contributed by atoms with Gasteiger partial charge in [-0.2, -0.15) is 0 Å². The van der Waals surface area contributed by atoms with Crippen molar-refractivity contribution in [3.05, 3.63) is 48.6 Å². The normalized spacial score (nSPS) is 20.0. The minimum absolute atomic E-state index is 0.0167. The van der Waals surface area contributed by atoms with Gasteiger partial charge < -0.3 is 14.8 Å². The van der Waals surface area contributed by atoms with Crippen LogP contribution in [0.25, 0.3) is 0 Å². The first-order chi connectivity index (χ1) is 11.2. The molecule has 0 saturated carbocycles. The lowest BCUT2D eigenvalue weighted by Gasteiger charge is -2.33. The number of carbonyl (C=O) groups is 1. The highest BCUT2D eigenvalue weighted by molar-refractivity contribution is 5.80. The van der Waals surface area contributed by atoms with Crippen LogP contribution in [0.1, 0.15) is 12.5 Å². The van der Waals surface area contributed by atoms with E-state index in [9.17, 15) is 4.79 Å². The summed E-state index contributed by atoms with van der Waals surface area (Å²) in [5.41, 5.74) is 1.30. The molecule has 0 bridgehead atoms. The summed E-state index contributed by atoms with van der Waals surface area (Å²) in [6.45, 7) is 9.52. The maximum Gasteiger partial charge on any atom is 0.248 e. The molecule has 2 rings (SSSR count). The summed E-state index contributed by atoms with van der Waals surface area (Å²) in [5, 5.41) is 2.90. The second-order valence-corrected chi connectivity index (χ2v) is 5.72. The Morgan fingerprint density at radius 2 is 2.30 bits per heavy atom. The van der Waals surface area contributed by atoms with E-state index in [4.69, 9.17) is 9.47 Å². The third kappa shape index (κ3) is 6.14. The van der Waals surface area contributed by atoms with E-state index in [2.05, 4.69) is 41.1 Å². The smallest absolute Gasteiger partial charge is 0.248 e. The quantitative estimate of drug-likeness (QED) is 0.740. The zero-order valence-corrected chi connectivity index (χ0v) is 13.7. The van der Waals surface area contributed by atoms with Gasteiger partial charge in [0.1, 0.15) is 6.10 Å². The van der Waals surface area contributed by atoms with Crippen LogP contribution in [0.4, 0.5) is 0 Å². The standard InChI is InChI=1S/C18H26N2O3/c1-3-10-22-15(2)18(21)19-12-17-14-20(9-11-23-17)13-16-7-5-4-6-8-16/h3-8,15,17H,1,9-14H2,2H3,(H,19,21)/t15-,17-/m0/s1. The van der Waals surface area contributed by atoms with E-state index in [1.165, 1.54) is 5.56 Å². The van der Waals surface area contributed by atoms with Crippen molar-refractivity contribution in [2.45, 2.75) is 25.7 Å². The zero-order valence-electron chi connectivity index (χ0n) is 13.7. The topological polar surface area (TPSA) is 50.8 Å². The largest absolute Gasteiger partial charge is 0.374 e. The average molecular weight is 318 g/mol. The van der Waals surface area contributed by atoms with Crippen molar-refractivity contribution >= 4 is 5.91 Å². The molecule has 0 aromatic heterocycles. The molecule has 1 aliphatic rings. The van der Waals surface area contributed by atoms with Gasteiger partial charge >= 0.3 is 0 Å². The Kier molecular flexibility index (Phi) is 7.26. The van der Waals surface area contributed by atoms with Crippen molar-refractivity contribution in [2.24, 2.45) is 0 Å².